The normalized spacial score (nSPS) is 12.7. The summed E-state index contributed by atoms with van der Waals surface area (Å²) in [6.07, 6.45) is 13.0. The first-order valence-electron chi connectivity index (χ1n) is 11.9. The summed E-state index contributed by atoms with van der Waals surface area (Å²) >= 11 is 0. The Hall–Kier alpha value is -4.78. The van der Waals surface area contributed by atoms with Gasteiger partial charge in [0.15, 0.2) is 0 Å². The summed E-state index contributed by atoms with van der Waals surface area (Å²) in [4.78, 5) is 21.7. The van der Waals surface area contributed by atoms with Gasteiger partial charge in [-0.3, -0.25) is 9.78 Å². The molecular formula is C29H24N6O. The number of fused-ring (bicyclic) bond motifs is 1. The summed E-state index contributed by atoms with van der Waals surface area (Å²) < 4.78 is 4.03. The molecule has 1 aliphatic heterocycles. The summed E-state index contributed by atoms with van der Waals surface area (Å²) in [5.74, 6) is 0.932. The summed E-state index contributed by atoms with van der Waals surface area (Å²) in [5, 5.41) is 7.69. The van der Waals surface area contributed by atoms with Crippen LogP contribution in [0.4, 0.5) is 5.69 Å². The highest BCUT2D eigenvalue weighted by Crippen LogP contribution is 2.26. The summed E-state index contributed by atoms with van der Waals surface area (Å²) in [7, 11) is 0. The molecule has 176 valence electrons. The number of aromatic nitrogens is 5. The number of hydrogen-bond acceptors (Lipinski definition) is 4. The average Bonchev–Trinajstić information content (AvgIpc) is 3.64. The lowest BCUT2D eigenvalue weighted by Gasteiger charge is -2.03. The SMILES string of the molecule is O=C(C=Cc1cn(-c2ccccc2)nc1-c1cccnc1)Nc1ccc(-c2cn3c(n2)CCC3)cc1. The van der Waals surface area contributed by atoms with E-state index in [0.717, 1.165) is 64.7 Å². The standard InChI is InChI=1S/C29H24N6O/c36-28(31-24-13-10-21(11-14-24)26-20-34-17-5-9-27(34)32-26)15-12-23-19-35(25-7-2-1-3-8-25)33-29(23)22-6-4-16-30-18-22/h1-4,6-8,10-16,18-20H,5,9,17H2,(H,31,36). The number of nitrogens with zero attached hydrogens (tertiary/aromatic N) is 5. The number of amides is 1. The van der Waals surface area contributed by atoms with Crippen molar-refractivity contribution in [2.75, 3.05) is 5.32 Å². The van der Waals surface area contributed by atoms with Crippen molar-refractivity contribution >= 4 is 17.7 Å². The van der Waals surface area contributed by atoms with Gasteiger partial charge < -0.3 is 9.88 Å². The maximum absolute atomic E-state index is 12.7. The summed E-state index contributed by atoms with van der Waals surface area (Å²) in [6.45, 7) is 1.04. The highest BCUT2D eigenvalue weighted by molar-refractivity contribution is 6.02. The predicted molar refractivity (Wildman–Crippen MR) is 140 cm³/mol. The number of carbonyl (C=O) groups is 1. The van der Waals surface area contributed by atoms with Gasteiger partial charge in [-0.15, -0.1) is 0 Å². The number of imidazole rings is 1. The Bertz CT molecular complexity index is 1510. The van der Waals surface area contributed by atoms with Crippen molar-refractivity contribution in [3.8, 4) is 28.2 Å². The minimum Gasteiger partial charge on any atom is -0.334 e. The van der Waals surface area contributed by atoms with Crippen LogP contribution in [-0.2, 0) is 17.8 Å². The van der Waals surface area contributed by atoms with E-state index in [1.807, 2.05) is 77.6 Å². The topological polar surface area (TPSA) is 77.6 Å². The van der Waals surface area contributed by atoms with Crippen LogP contribution in [0.15, 0.2) is 97.6 Å². The minimum absolute atomic E-state index is 0.215. The molecule has 7 heteroatoms. The Morgan fingerprint density at radius 2 is 1.81 bits per heavy atom. The van der Waals surface area contributed by atoms with Crippen LogP contribution in [0.5, 0.6) is 0 Å². The van der Waals surface area contributed by atoms with Crippen molar-refractivity contribution in [1.29, 1.82) is 0 Å². The molecule has 2 aromatic carbocycles. The molecule has 0 atom stereocenters. The number of nitrogens with one attached hydrogen (secondary N) is 1. The number of aryl methyl sites for hydroxylation is 2. The van der Waals surface area contributed by atoms with Gasteiger partial charge >= 0.3 is 0 Å². The van der Waals surface area contributed by atoms with Crippen LogP contribution in [0.2, 0.25) is 0 Å². The van der Waals surface area contributed by atoms with Crippen LogP contribution in [0.1, 0.15) is 17.8 Å². The van der Waals surface area contributed by atoms with Crippen LogP contribution < -0.4 is 5.32 Å². The number of pyridine rings is 1. The molecule has 0 unspecified atom stereocenters. The average molecular weight is 473 g/mol. The molecular weight excluding hydrogens is 448 g/mol. The first-order valence-corrected chi connectivity index (χ1v) is 11.9. The van der Waals surface area contributed by atoms with Gasteiger partial charge in [0.2, 0.25) is 5.91 Å². The lowest BCUT2D eigenvalue weighted by atomic mass is 10.1. The molecule has 6 rings (SSSR count). The largest absolute Gasteiger partial charge is 0.334 e. The highest BCUT2D eigenvalue weighted by atomic mass is 16.1. The van der Waals surface area contributed by atoms with Crippen LogP contribution in [0.25, 0.3) is 34.3 Å². The molecule has 0 fully saturated rings. The quantitative estimate of drug-likeness (QED) is 0.336. The number of hydrogen-bond donors (Lipinski definition) is 1. The summed E-state index contributed by atoms with van der Waals surface area (Å²) in [5.41, 5.74) is 6.15. The van der Waals surface area contributed by atoms with Gasteiger partial charge in [-0.1, -0.05) is 30.3 Å². The third kappa shape index (κ3) is 4.46. The zero-order valence-corrected chi connectivity index (χ0v) is 19.6. The van der Waals surface area contributed by atoms with E-state index in [9.17, 15) is 4.79 Å². The van der Waals surface area contributed by atoms with Gasteiger partial charge in [-0.2, -0.15) is 5.10 Å². The Kier molecular flexibility index (Phi) is 5.71. The Balaban J connectivity index is 1.20. The van der Waals surface area contributed by atoms with Gasteiger partial charge in [0, 0.05) is 66.2 Å². The van der Waals surface area contributed by atoms with Crippen molar-refractivity contribution in [2.24, 2.45) is 0 Å². The van der Waals surface area contributed by atoms with Gasteiger partial charge in [-0.05, 0) is 48.9 Å². The molecule has 0 bridgehead atoms. The van der Waals surface area contributed by atoms with Crippen LogP contribution in [-0.4, -0.2) is 30.2 Å². The molecule has 4 heterocycles. The fourth-order valence-electron chi connectivity index (χ4n) is 4.42. The molecule has 1 amide bonds. The Morgan fingerprint density at radius 3 is 2.58 bits per heavy atom. The first kappa shape index (κ1) is 21.7. The van der Waals surface area contributed by atoms with Crippen molar-refractivity contribution < 1.29 is 4.79 Å². The molecule has 36 heavy (non-hydrogen) atoms. The second-order valence-corrected chi connectivity index (χ2v) is 8.69. The maximum Gasteiger partial charge on any atom is 0.248 e. The van der Waals surface area contributed by atoms with E-state index in [1.165, 1.54) is 6.08 Å². The lowest BCUT2D eigenvalue weighted by molar-refractivity contribution is -0.111. The van der Waals surface area contributed by atoms with E-state index in [-0.39, 0.29) is 5.91 Å². The Morgan fingerprint density at radius 1 is 0.944 bits per heavy atom. The first-order chi connectivity index (χ1) is 17.7. The van der Waals surface area contributed by atoms with Crippen LogP contribution >= 0.6 is 0 Å². The van der Waals surface area contributed by atoms with E-state index in [0.29, 0.717) is 0 Å². The van der Waals surface area contributed by atoms with Crippen LogP contribution in [0.3, 0.4) is 0 Å². The molecule has 0 saturated carbocycles. The monoisotopic (exact) mass is 472 g/mol. The third-order valence-corrected chi connectivity index (χ3v) is 6.22. The van der Waals surface area contributed by atoms with Gasteiger partial charge in [0.25, 0.3) is 0 Å². The molecule has 7 nitrogen and oxygen atoms in total. The van der Waals surface area contributed by atoms with E-state index in [1.54, 1.807) is 18.5 Å². The number of carbonyl (C=O) groups excluding carboxylic acids is 1. The highest BCUT2D eigenvalue weighted by Gasteiger charge is 2.15. The number of rotatable bonds is 6. The minimum atomic E-state index is -0.215. The van der Waals surface area contributed by atoms with Gasteiger partial charge in [0.1, 0.15) is 11.5 Å². The smallest absolute Gasteiger partial charge is 0.248 e. The van der Waals surface area contributed by atoms with Crippen molar-refractivity contribution in [3.05, 3.63) is 109 Å². The van der Waals surface area contributed by atoms with Crippen molar-refractivity contribution in [2.45, 2.75) is 19.4 Å². The Labute approximate surface area is 208 Å². The maximum atomic E-state index is 12.7. The molecule has 1 N–H and O–H groups in total. The number of benzene rings is 2. The van der Waals surface area contributed by atoms with E-state index in [2.05, 4.69) is 21.1 Å². The second kappa shape index (κ2) is 9.46. The molecule has 3 aromatic heterocycles. The molecule has 5 aromatic rings. The second-order valence-electron chi connectivity index (χ2n) is 8.69. The molecule has 0 saturated heterocycles. The van der Waals surface area contributed by atoms with Crippen molar-refractivity contribution in [3.63, 3.8) is 0 Å². The van der Waals surface area contributed by atoms with E-state index < -0.39 is 0 Å². The van der Waals surface area contributed by atoms with E-state index >= 15 is 0 Å². The third-order valence-electron chi connectivity index (χ3n) is 6.22. The lowest BCUT2D eigenvalue weighted by Crippen LogP contribution is -2.07. The molecule has 0 radical (unpaired) electrons. The zero-order chi connectivity index (χ0) is 24.3. The molecule has 0 spiro atoms. The summed E-state index contributed by atoms with van der Waals surface area (Å²) in [6, 6.07) is 21.5. The zero-order valence-electron chi connectivity index (χ0n) is 19.6. The molecule has 0 aliphatic carbocycles. The van der Waals surface area contributed by atoms with E-state index in [4.69, 9.17) is 10.1 Å². The predicted octanol–water partition coefficient (Wildman–Crippen LogP) is 5.40. The molecule has 1 aliphatic rings. The van der Waals surface area contributed by atoms with Gasteiger partial charge in [0.05, 0.1) is 11.4 Å². The van der Waals surface area contributed by atoms with Gasteiger partial charge in [-0.25, -0.2) is 9.67 Å². The fourth-order valence-corrected chi connectivity index (χ4v) is 4.42. The van der Waals surface area contributed by atoms with Crippen molar-refractivity contribution in [1.82, 2.24) is 24.3 Å². The van der Waals surface area contributed by atoms with Crippen LogP contribution in [0, 0.1) is 0 Å². The number of para-hydroxylation sites is 1. The fraction of sp³-hybridized carbons (Fsp3) is 0.103. The number of anilines is 1.